The van der Waals surface area contributed by atoms with Crippen molar-refractivity contribution in [1.82, 2.24) is 24.3 Å². The van der Waals surface area contributed by atoms with E-state index in [-0.39, 0.29) is 30.0 Å². The number of fused-ring (bicyclic) bond motifs is 1. The van der Waals surface area contributed by atoms with E-state index < -0.39 is 21.9 Å². The van der Waals surface area contributed by atoms with E-state index in [1.165, 1.54) is 10.9 Å². The van der Waals surface area contributed by atoms with Gasteiger partial charge in [-0.3, -0.25) is 9.36 Å². The van der Waals surface area contributed by atoms with Crippen LogP contribution in [0.2, 0.25) is 0 Å². The normalized spacial score (nSPS) is 14.7. The maximum Gasteiger partial charge on any atom is 0.433 e. The van der Waals surface area contributed by atoms with Crippen molar-refractivity contribution in [1.29, 1.82) is 0 Å². The standard InChI is InChI=1S/C16H22F3N5O2S/c1-3-23-10-14(11(2)21-23)27(25,26)20-8-5-9-24-15(16(17,18)19)12-6-4-7-13(12)22-24/h10,20H,3-9H2,1-2H3. The highest BCUT2D eigenvalue weighted by Gasteiger charge is 2.40. The van der Waals surface area contributed by atoms with Crippen LogP contribution in [0.25, 0.3) is 0 Å². The van der Waals surface area contributed by atoms with Crippen LogP contribution in [0.1, 0.15) is 42.4 Å². The Balaban J connectivity index is 1.65. The molecule has 0 unspecified atom stereocenters. The Bertz CT molecular complexity index is 931. The van der Waals surface area contributed by atoms with Crippen molar-refractivity contribution in [3.8, 4) is 0 Å². The fraction of sp³-hybridized carbons (Fsp3) is 0.625. The number of hydrogen-bond acceptors (Lipinski definition) is 4. The largest absolute Gasteiger partial charge is 0.433 e. The Morgan fingerprint density at radius 2 is 2.00 bits per heavy atom. The van der Waals surface area contributed by atoms with Crippen LogP contribution in [-0.4, -0.2) is 34.5 Å². The van der Waals surface area contributed by atoms with Crippen molar-refractivity contribution in [3.05, 3.63) is 28.8 Å². The number of nitrogens with one attached hydrogen (secondary N) is 1. The number of hydrogen-bond donors (Lipinski definition) is 1. The summed E-state index contributed by atoms with van der Waals surface area (Å²) in [6.07, 6.45) is -1.19. The molecule has 0 atom stereocenters. The molecule has 0 amide bonds. The van der Waals surface area contributed by atoms with Gasteiger partial charge < -0.3 is 0 Å². The second-order valence-electron chi connectivity index (χ2n) is 6.53. The molecule has 0 spiro atoms. The molecule has 0 saturated heterocycles. The van der Waals surface area contributed by atoms with Gasteiger partial charge in [0.25, 0.3) is 0 Å². The topological polar surface area (TPSA) is 81.8 Å². The van der Waals surface area contributed by atoms with Gasteiger partial charge in [-0.25, -0.2) is 13.1 Å². The summed E-state index contributed by atoms with van der Waals surface area (Å²) in [5, 5.41) is 8.18. The van der Waals surface area contributed by atoms with Crippen molar-refractivity contribution in [3.63, 3.8) is 0 Å². The second-order valence-corrected chi connectivity index (χ2v) is 8.27. The van der Waals surface area contributed by atoms with E-state index in [4.69, 9.17) is 0 Å². The molecule has 0 saturated carbocycles. The zero-order valence-corrected chi connectivity index (χ0v) is 16.0. The molecule has 150 valence electrons. The summed E-state index contributed by atoms with van der Waals surface area (Å²) in [6.45, 7) is 4.00. The summed E-state index contributed by atoms with van der Waals surface area (Å²) in [5.41, 5.74) is 0.473. The summed E-state index contributed by atoms with van der Waals surface area (Å²) in [6, 6.07) is 0. The predicted molar refractivity (Wildman–Crippen MR) is 91.7 cm³/mol. The summed E-state index contributed by atoms with van der Waals surface area (Å²) in [4.78, 5) is 0.0818. The fourth-order valence-corrected chi connectivity index (χ4v) is 4.62. The Hall–Kier alpha value is -1.88. The zero-order chi connectivity index (χ0) is 19.8. The first kappa shape index (κ1) is 19.9. The van der Waals surface area contributed by atoms with Crippen LogP contribution in [0.15, 0.2) is 11.1 Å². The monoisotopic (exact) mass is 405 g/mol. The number of sulfonamides is 1. The first-order valence-corrected chi connectivity index (χ1v) is 10.3. The van der Waals surface area contributed by atoms with Gasteiger partial charge in [0.1, 0.15) is 10.6 Å². The Kier molecular flexibility index (Phi) is 5.35. The van der Waals surface area contributed by atoms with Gasteiger partial charge in [-0.1, -0.05) is 0 Å². The Labute approximate surface area is 155 Å². The summed E-state index contributed by atoms with van der Waals surface area (Å²) >= 11 is 0. The van der Waals surface area contributed by atoms with Gasteiger partial charge in [0.05, 0.1) is 11.4 Å². The van der Waals surface area contributed by atoms with Crippen LogP contribution in [0.3, 0.4) is 0 Å². The van der Waals surface area contributed by atoms with E-state index in [0.717, 1.165) is 4.68 Å². The number of alkyl halides is 3. The van der Waals surface area contributed by atoms with Gasteiger partial charge in [-0.05, 0) is 39.5 Å². The van der Waals surface area contributed by atoms with Crippen LogP contribution < -0.4 is 4.72 Å². The van der Waals surface area contributed by atoms with Crippen LogP contribution in [0.4, 0.5) is 13.2 Å². The minimum atomic E-state index is -4.46. The lowest BCUT2D eigenvalue weighted by molar-refractivity contribution is -0.144. The molecule has 1 N–H and O–H groups in total. The molecule has 11 heteroatoms. The molecule has 0 radical (unpaired) electrons. The van der Waals surface area contributed by atoms with E-state index in [0.29, 0.717) is 37.2 Å². The average Bonchev–Trinajstić information content (AvgIpc) is 3.23. The van der Waals surface area contributed by atoms with E-state index in [2.05, 4.69) is 14.9 Å². The predicted octanol–water partition coefficient (Wildman–Crippen LogP) is 2.28. The molecule has 27 heavy (non-hydrogen) atoms. The maximum absolute atomic E-state index is 13.4. The molecule has 2 aromatic rings. The third-order valence-corrected chi connectivity index (χ3v) is 6.16. The minimum absolute atomic E-state index is 0.00241. The summed E-state index contributed by atoms with van der Waals surface area (Å²) in [7, 11) is -3.75. The molecule has 1 aliphatic carbocycles. The highest BCUT2D eigenvalue weighted by atomic mass is 32.2. The molecule has 0 aliphatic heterocycles. The Morgan fingerprint density at radius 1 is 1.26 bits per heavy atom. The highest BCUT2D eigenvalue weighted by molar-refractivity contribution is 7.89. The SMILES string of the molecule is CCn1cc(S(=O)(=O)NCCCn2nc3c(c2C(F)(F)F)CCC3)c(C)n1. The van der Waals surface area contributed by atoms with E-state index in [9.17, 15) is 21.6 Å². The molecule has 7 nitrogen and oxygen atoms in total. The van der Waals surface area contributed by atoms with Crippen LogP contribution in [0, 0.1) is 6.92 Å². The second kappa shape index (κ2) is 7.27. The third-order valence-electron chi connectivity index (χ3n) is 4.60. The first-order chi connectivity index (χ1) is 12.6. The minimum Gasteiger partial charge on any atom is -0.271 e. The van der Waals surface area contributed by atoms with Gasteiger partial charge in [-0.15, -0.1) is 0 Å². The molecule has 1 aliphatic rings. The van der Waals surface area contributed by atoms with Crippen molar-refractivity contribution < 1.29 is 21.6 Å². The molecule has 0 aromatic carbocycles. The molecular formula is C16H22F3N5O2S. The van der Waals surface area contributed by atoms with Crippen molar-refractivity contribution in [2.24, 2.45) is 0 Å². The van der Waals surface area contributed by atoms with E-state index >= 15 is 0 Å². The number of aryl methyl sites for hydroxylation is 4. The number of nitrogens with zero attached hydrogens (tertiary/aromatic N) is 4. The fourth-order valence-electron chi connectivity index (χ4n) is 3.36. The lowest BCUT2D eigenvalue weighted by Crippen LogP contribution is -2.26. The summed E-state index contributed by atoms with van der Waals surface area (Å²) < 4.78 is 69.7. The van der Waals surface area contributed by atoms with Crippen molar-refractivity contribution >= 4 is 10.0 Å². The third kappa shape index (κ3) is 4.03. The molecule has 0 bridgehead atoms. The first-order valence-electron chi connectivity index (χ1n) is 8.83. The van der Waals surface area contributed by atoms with E-state index in [1.54, 1.807) is 6.92 Å². The number of halogens is 3. The van der Waals surface area contributed by atoms with Crippen LogP contribution >= 0.6 is 0 Å². The molecule has 3 rings (SSSR count). The molecule has 2 heterocycles. The number of rotatable bonds is 7. The Morgan fingerprint density at radius 3 is 2.63 bits per heavy atom. The number of aromatic nitrogens is 4. The molecular weight excluding hydrogens is 383 g/mol. The summed E-state index contributed by atoms with van der Waals surface area (Å²) in [5.74, 6) is 0. The zero-order valence-electron chi connectivity index (χ0n) is 15.2. The molecule has 0 fully saturated rings. The van der Waals surface area contributed by atoms with Gasteiger partial charge in [-0.2, -0.15) is 23.4 Å². The quantitative estimate of drug-likeness (QED) is 0.717. The smallest absolute Gasteiger partial charge is 0.271 e. The maximum atomic E-state index is 13.4. The van der Waals surface area contributed by atoms with Gasteiger partial charge in [0, 0.05) is 31.4 Å². The van der Waals surface area contributed by atoms with Crippen molar-refractivity contribution in [2.75, 3.05) is 6.54 Å². The van der Waals surface area contributed by atoms with Crippen LogP contribution in [0.5, 0.6) is 0 Å². The van der Waals surface area contributed by atoms with Gasteiger partial charge in [0.15, 0.2) is 0 Å². The van der Waals surface area contributed by atoms with Gasteiger partial charge >= 0.3 is 6.18 Å². The van der Waals surface area contributed by atoms with E-state index in [1.807, 2.05) is 6.92 Å². The molecule has 2 aromatic heterocycles. The lowest BCUT2D eigenvalue weighted by atomic mass is 10.2. The highest BCUT2D eigenvalue weighted by Crippen LogP contribution is 2.37. The average molecular weight is 405 g/mol. The lowest BCUT2D eigenvalue weighted by Gasteiger charge is -2.12. The van der Waals surface area contributed by atoms with Gasteiger partial charge in [0.2, 0.25) is 10.0 Å². The van der Waals surface area contributed by atoms with Crippen molar-refractivity contribution in [2.45, 2.75) is 63.7 Å². The van der Waals surface area contributed by atoms with Crippen LogP contribution in [-0.2, 0) is 42.1 Å².